The molecule has 0 spiro atoms. The van der Waals surface area contributed by atoms with Gasteiger partial charge >= 0.3 is 0 Å². The molecule has 0 radical (unpaired) electrons. The number of ether oxygens (including phenoxy) is 1. The zero-order chi connectivity index (χ0) is 26.4. The minimum Gasteiger partial charge on any atom is -0.497 e. The van der Waals surface area contributed by atoms with Crippen LogP contribution in [0.25, 0.3) is 0 Å². The second kappa shape index (κ2) is 11.9. The number of anilines is 2. The van der Waals surface area contributed by atoms with E-state index in [-0.39, 0.29) is 36.6 Å². The van der Waals surface area contributed by atoms with Crippen LogP contribution in [0.15, 0.2) is 53.5 Å². The van der Waals surface area contributed by atoms with Crippen molar-refractivity contribution in [1.29, 1.82) is 0 Å². The van der Waals surface area contributed by atoms with Crippen LogP contribution in [-0.2, 0) is 14.4 Å². The monoisotopic (exact) mass is 523 g/mol. The molecule has 0 bridgehead atoms. The number of likely N-dealkylation sites (N-methyl/N-ethyl adjacent to an activating group) is 1. The molecule has 1 atom stereocenters. The molecule has 10 nitrogen and oxygen atoms in total. The summed E-state index contributed by atoms with van der Waals surface area (Å²) in [5.74, 6) is -0.638. The molecule has 0 aliphatic carbocycles. The molecule has 1 fully saturated rings. The van der Waals surface area contributed by atoms with Crippen LogP contribution >= 0.6 is 11.8 Å². The number of amidine groups is 1. The molecule has 4 amide bonds. The molecular weight excluding hydrogens is 494 g/mol. The summed E-state index contributed by atoms with van der Waals surface area (Å²) in [4.78, 5) is 57.4. The lowest BCUT2D eigenvalue weighted by molar-refractivity contribution is -0.121. The van der Waals surface area contributed by atoms with E-state index in [9.17, 15) is 19.2 Å². The number of amides is 4. The number of carbonyl (C=O) groups excluding carboxylic acids is 4. The lowest BCUT2D eigenvalue weighted by Gasteiger charge is -2.17. The summed E-state index contributed by atoms with van der Waals surface area (Å²) in [6.45, 7) is 1.65. The fourth-order valence-corrected chi connectivity index (χ4v) is 5.16. The number of aliphatic imine (C=N–C) groups is 1. The predicted molar refractivity (Wildman–Crippen MR) is 143 cm³/mol. The van der Waals surface area contributed by atoms with Crippen molar-refractivity contribution in [3.05, 3.63) is 54.1 Å². The standard InChI is InChI=1S/C26H29N5O5S/c1-30(16-23(33)28-19-6-5-7-20(14-19)36-2)25(35)17-8-10-18(11-9-17)27-22(32)15-21-24(34)29-26(37-21)31-12-3-4-13-31/h5-11,14,21H,3-4,12-13,15-16H2,1-2H3,(H,27,32)(H,28,33). The Morgan fingerprint density at radius 1 is 1.05 bits per heavy atom. The Balaban J connectivity index is 1.25. The average Bonchev–Trinajstić information content (AvgIpc) is 3.54. The van der Waals surface area contributed by atoms with Crippen LogP contribution in [0, 0.1) is 0 Å². The molecule has 194 valence electrons. The van der Waals surface area contributed by atoms with Crippen LogP contribution in [0.5, 0.6) is 5.75 Å². The number of methoxy groups -OCH3 is 1. The summed E-state index contributed by atoms with van der Waals surface area (Å²) in [6, 6.07) is 13.3. The van der Waals surface area contributed by atoms with E-state index in [4.69, 9.17) is 4.74 Å². The van der Waals surface area contributed by atoms with Crippen molar-refractivity contribution in [3.63, 3.8) is 0 Å². The summed E-state index contributed by atoms with van der Waals surface area (Å²) in [5.41, 5.74) is 1.46. The summed E-state index contributed by atoms with van der Waals surface area (Å²) in [7, 11) is 3.08. The van der Waals surface area contributed by atoms with Gasteiger partial charge in [-0.2, -0.15) is 4.99 Å². The first-order valence-electron chi connectivity index (χ1n) is 12.0. The Morgan fingerprint density at radius 2 is 1.76 bits per heavy atom. The molecule has 37 heavy (non-hydrogen) atoms. The van der Waals surface area contributed by atoms with Gasteiger partial charge in [-0.1, -0.05) is 17.8 Å². The molecule has 1 saturated heterocycles. The zero-order valence-corrected chi connectivity index (χ0v) is 21.5. The van der Waals surface area contributed by atoms with Crippen molar-refractivity contribution in [2.45, 2.75) is 24.5 Å². The number of rotatable bonds is 8. The zero-order valence-electron chi connectivity index (χ0n) is 20.7. The maximum Gasteiger partial charge on any atom is 0.262 e. The van der Waals surface area contributed by atoms with Crippen molar-refractivity contribution in [1.82, 2.24) is 9.80 Å². The highest BCUT2D eigenvalue weighted by atomic mass is 32.2. The smallest absolute Gasteiger partial charge is 0.262 e. The Morgan fingerprint density at radius 3 is 2.46 bits per heavy atom. The molecule has 0 saturated carbocycles. The maximum atomic E-state index is 12.8. The highest BCUT2D eigenvalue weighted by molar-refractivity contribution is 8.15. The first-order chi connectivity index (χ1) is 17.8. The van der Waals surface area contributed by atoms with Gasteiger partial charge in [0.25, 0.3) is 11.8 Å². The van der Waals surface area contributed by atoms with Crippen LogP contribution < -0.4 is 15.4 Å². The van der Waals surface area contributed by atoms with Crippen LogP contribution in [0.2, 0.25) is 0 Å². The molecule has 1 unspecified atom stereocenters. The molecule has 2 aromatic rings. The van der Waals surface area contributed by atoms with Gasteiger partial charge in [-0.15, -0.1) is 0 Å². The molecule has 0 aromatic heterocycles. The minimum atomic E-state index is -0.520. The number of nitrogens with one attached hydrogen (secondary N) is 2. The average molecular weight is 524 g/mol. The lowest BCUT2D eigenvalue weighted by Crippen LogP contribution is -2.34. The normalized spacial score (nSPS) is 16.8. The highest BCUT2D eigenvalue weighted by Gasteiger charge is 2.33. The van der Waals surface area contributed by atoms with E-state index in [2.05, 4.69) is 20.5 Å². The van der Waals surface area contributed by atoms with E-state index < -0.39 is 5.25 Å². The molecule has 2 N–H and O–H groups in total. The molecule has 2 aliphatic heterocycles. The third kappa shape index (κ3) is 6.88. The van der Waals surface area contributed by atoms with Crippen molar-refractivity contribution in [3.8, 4) is 5.75 Å². The summed E-state index contributed by atoms with van der Waals surface area (Å²) in [6.07, 6.45) is 2.20. The summed E-state index contributed by atoms with van der Waals surface area (Å²) in [5, 5.41) is 5.70. The molecule has 4 rings (SSSR count). The van der Waals surface area contributed by atoms with E-state index >= 15 is 0 Å². The van der Waals surface area contributed by atoms with Gasteiger partial charge in [-0.25, -0.2) is 0 Å². The number of carbonyl (C=O) groups is 4. The maximum absolute atomic E-state index is 12.8. The van der Waals surface area contributed by atoms with Gasteiger partial charge in [0.2, 0.25) is 11.8 Å². The third-order valence-corrected chi connectivity index (χ3v) is 7.19. The number of benzene rings is 2. The van der Waals surface area contributed by atoms with Gasteiger partial charge < -0.3 is 25.2 Å². The first-order valence-corrected chi connectivity index (χ1v) is 12.8. The van der Waals surface area contributed by atoms with Crippen LogP contribution in [0.4, 0.5) is 11.4 Å². The van der Waals surface area contributed by atoms with Gasteiger partial charge in [0.1, 0.15) is 11.0 Å². The van der Waals surface area contributed by atoms with Crippen LogP contribution in [0.3, 0.4) is 0 Å². The van der Waals surface area contributed by atoms with E-state index in [1.807, 2.05) is 0 Å². The predicted octanol–water partition coefficient (Wildman–Crippen LogP) is 2.83. The Labute approximate surface area is 219 Å². The first kappa shape index (κ1) is 26.2. The molecule has 2 heterocycles. The topological polar surface area (TPSA) is 120 Å². The fourth-order valence-electron chi connectivity index (χ4n) is 4.04. The van der Waals surface area contributed by atoms with Gasteiger partial charge in [-0.3, -0.25) is 19.2 Å². The van der Waals surface area contributed by atoms with Gasteiger partial charge in [0, 0.05) is 49.6 Å². The van der Waals surface area contributed by atoms with Gasteiger partial charge in [0.15, 0.2) is 5.17 Å². The fraction of sp³-hybridized carbons (Fsp3) is 0.346. The number of thioether (sulfide) groups is 1. The van der Waals surface area contributed by atoms with Crippen molar-refractivity contribution >= 4 is 51.9 Å². The van der Waals surface area contributed by atoms with Gasteiger partial charge in [0.05, 0.1) is 13.7 Å². The Hall–Kier alpha value is -3.86. The number of hydrogen-bond donors (Lipinski definition) is 2. The Kier molecular flexibility index (Phi) is 8.44. The Bertz CT molecular complexity index is 1210. The lowest BCUT2D eigenvalue weighted by atomic mass is 10.1. The SMILES string of the molecule is COc1cccc(NC(=O)CN(C)C(=O)c2ccc(NC(=O)CC3SC(N4CCCC4)=NC3=O)cc2)c1. The molecule has 2 aliphatic rings. The van der Waals surface area contributed by atoms with E-state index in [0.717, 1.165) is 25.9 Å². The second-order valence-electron chi connectivity index (χ2n) is 8.80. The molecule has 11 heteroatoms. The highest BCUT2D eigenvalue weighted by Crippen LogP contribution is 2.29. The third-order valence-electron chi connectivity index (χ3n) is 5.97. The number of hydrogen-bond acceptors (Lipinski definition) is 7. The second-order valence-corrected chi connectivity index (χ2v) is 9.97. The number of likely N-dealkylation sites (tertiary alicyclic amines) is 1. The van der Waals surface area contributed by atoms with Crippen molar-refractivity contribution in [2.75, 3.05) is 44.4 Å². The van der Waals surface area contributed by atoms with Crippen LogP contribution in [-0.4, -0.2) is 77.6 Å². The summed E-state index contributed by atoms with van der Waals surface area (Å²) < 4.78 is 5.14. The van der Waals surface area contributed by atoms with Crippen molar-refractivity contribution < 1.29 is 23.9 Å². The molecule has 2 aromatic carbocycles. The summed E-state index contributed by atoms with van der Waals surface area (Å²) >= 11 is 1.35. The van der Waals surface area contributed by atoms with E-state index in [0.29, 0.717) is 27.9 Å². The minimum absolute atomic E-state index is 0.0240. The quantitative estimate of drug-likeness (QED) is 0.546. The van der Waals surface area contributed by atoms with Gasteiger partial charge in [-0.05, 0) is 49.2 Å². The van der Waals surface area contributed by atoms with E-state index in [1.165, 1.54) is 23.7 Å². The van der Waals surface area contributed by atoms with Crippen molar-refractivity contribution in [2.24, 2.45) is 4.99 Å². The van der Waals surface area contributed by atoms with E-state index in [1.54, 1.807) is 55.6 Å². The number of nitrogens with zero attached hydrogens (tertiary/aromatic N) is 3. The molecular formula is C26H29N5O5S. The largest absolute Gasteiger partial charge is 0.497 e. The van der Waals surface area contributed by atoms with Crippen LogP contribution in [0.1, 0.15) is 29.6 Å².